The van der Waals surface area contributed by atoms with Crippen LogP contribution in [-0.4, -0.2) is 60.4 Å². The molecule has 1 atom stereocenters. The first kappa shape index (κ1) is 12.9. The molecule has 3 fully saturated rings. The largest absolute Gasteiger partial charge is 0.331 e. The van der Waals surface area contributed by atoms with Crippen LogP contribution < -0.4 is 5.32 Å². The lowest BCUT2D eigenvalue weighted by Crippen LogP contribution is -2.62. The maximum Gasteiger partial charge on any atom is 0.245 e. The molecule has 0 radical (unpaired) electrons. The lowest BCUT2D eigenvalue weighted by molar-refractivity contribution is -0.158. The second kappa shape index (κ2) is 5.49. The first-order valence-electron chi connectivity index (χ1n) is 7.54. The number of rotatable bonds is 2. The predicted molar refractivity (Wildman–Crippen MR) is 71.5 cm³/mol. The van der Waals surface area contributed by atoms with Crippen molar-refractivity contribution in [2.24, 2.45) is 5.92 Å². The Hall–Kier alpha value is -1.10. The fraction of sp³-hybridized carbons (Fsp3) is 0.857. The number of nitrogens with zero attached hydrogens (tertiary/aromatic N) is 2. The lowest BCUT2D eigenvalue weighted by atomic mass is 9.94. The normalized spacial score (nSPS) is 29.6. The zero-order chi connectivity index (χ0) is 13.2. The predicted octanol–water partition coefficient (Wildman–Crippen LogP) is 0.209. The van der Waals surface area contributed by atoms with Gasteiger partial charge in [0.25, 0.3) is 0 Å². The summed E-state index contributed by atoms with van der Waals surface area (Å²) in [7, 11) is 0. The van der Waals surface area contributed by atoms with Crippen molar-refractivity contribution in [1.82, 2.24) is 15.1 Å². The van der Waals surface area contributed by atoms with Gasteiger partial charge in [0.05, 0.1) is 6.54 Å². The molecule has 3 rings (SSSR count). The average molecular weight is 265 g/mol. The number of fused-ring (bicyclic) bond motifs is 1. The zero-order valence-corrected chi connectivity index (χ0v) is 11.4. The number of piperazine rings is 1. The molecule has 1 N–H and O–H groups in total. The SMILES string of the molecule is O=C1C2CCCCN2C(=O)CN1CC1CCNCC1. The highest BCUT2D eigenvalue weighted by molar-refractivity contribution is 5.95. The molecular formula is C14H23N3O2. The summed E-state index contributed by atoms with van der Waals surface area (Å²) in [5.74, 6) is 0.907. The number of carbonyl (C=O) groups is 2. The van der Waals surface area contributed by atoms with Gasteiger partial charge in [-0.1, -0.05) is 0 Å². The molecule has 0 aromatic rings. The zero-order valence-electron chi connectivity index (χ0n) is 11.4. The van der Waals surface area contributed by atoms with Gasteiger partial charge in [0.2, 0.25) is 11.8 Å². The molecule has 2 amide bonds. The monoisotopic (exact) mass is 265 g/mol. The molecule has 0 saturated carbocycles. The van der Waals surface area contributed by atoms with Gasteiger partial charge in [0.15, 0.2) is 0 Å². The highest BCUT2D eigenvalue weighted by Gasteiger charge is 2.40. The van der Waals surface area contributed by atoms with Crippen LogP contribution in [0.2, 0.25) is 0 Å². The third kappa shape index (κ3) is 2.61. The molecular weight excluding hydrogens is 242 g/mol. The van der Waals surface area contributed by atoms with Crippen LogP contribution in [0.5, 0.6) is 0 Å². The maximum atomic E-state index is 12.5. The molecule has 0 aliphatic carbocycles. The van der Waals surface area contributed by atoms with Gasteiger partial charge in [-0.25, -0.2) is 0 Å². The molecule has 0 aromatic heterocycles. The number of piperidine rings is 2. The van der Waals surface area contributed by atoms with Gasteiger partial charge in [-0.2, -0.15) is 0 Å². The van der Waals surface area contributed by atoms with Crippen molar-refractivity contribution < 1.29 is 9.59 Å². The van der Waals surface area contributed by atoms with Gasteiger partial charge in [0.1, 0.15) is 6.04 Å². The van der Waals surface area contributed by atoms with E-state index in [4.69, 9.17) is 0 Å². The first-order valence-corrected chi connectivity index (χ1v) is 7.54. The molecule has 1 unspecified atom stereocenters. The summed E-state index contributed by atoms with van der Waals surface area (Å²) in [6, 6.07) is -0.156. The van der Waals surface area contributed by atoms with E-state index in [2.05, 4.69) is 5.32 Å². The van der Waals surface area contributed by atoms with Gasteiger partial charge in [-0.3, -0.25) is 9.59 Å². The van der Waals surface area contributed by atoms with E-state index in [0.29, 0.717) is 12.5 Å². The van der Waals surface area contributed by atoms with E-state index in [9.17, 15) is 9.59 Å². The smallest absolute Gasteiger partial charge is 0.245 e. The standard InChI is InChI=1S/C14H23N3O2/c18-13-10-16(9-11-4-6-15-7-5-11)14(19)12-3-1-2-8-17(12)13/h11-12,15H,1-10H2. The Bertz CT molecular complexity index is 366. The topological polar surface area (TPSA) is 52.7 Å². The number of nitrogens with one attached hydrogen (secondary N) is 1. The highest BCUT2D eigenvalue weighted by atomic mass is 16.2. The van der Waals surface area contributed by atoms with Gasteiger partial charge in [-0.05, 0) is 51.1 Å². The van der Waals surface area contributed by atoms with Crippen LogP contribution in [0, 0.1) is 5.92 Å². The Kier molecular flexibility index (Phi) is 3.73. The van der Waals surface area contributed by atoms with Crippen LogP contribution in [0.3, 0.4) is 0 Å². The van der Waals surface area contributed by atoms with Crippen molar-refractivity contribution in [3.63, 3.8) is 0 Å². The maximum absolute atomic E-state index is 12.5. The summed E-state index contributed by atoms with van der Waals surface area (Å²) in [4.78, 5) is 28.3. The molecule has 0 spiro atoms. The Labute approximate surface area is 114 Å². The highest BCUT2D eigenvalue weighted by Crippen LogP contribution is 2.24. The molecule has 3 aliphatic heterocycles. The third-order valence-electron chi connectivity index (χ3n) is 4.68. The van der Waals surface area contributed by atoms with Crippen molar-refractivity contribution in [3.05, 3.63) is 0 Å². The van der Waals surface area contributed by atoms with Crippen molar-refractivity contribution in [3.8, 4) is 0 Å². The van der Waals surface area contributed by atoms with Crippen LogP contribution >= 0.6 is 0 Å². The summed E-state index contributed by atoms with van der Waals surface area (Å²) in [6.45, 7) is 3.93. The number of amides is 2. The first-order chi connectivity index (χ1) is 9.25. The van der Waals surface area contributed by atoms with Crippen molar-refractivity contribution >= 4 is 11.8 Å². The van der Waals surface area contributed by atoms with Crippen LogP contribution in [-0.2, 0) is 9.59 Å². The third-order valence-corrected chi connectivity index (χ3v) is 4.68. The Balaban J connectivity index is 1.65. The van der Waals surface area contributed by atoms with Crippen molar-refractivity contribution in [2.75, 3.05) is 32.7 Å². The number of hydrogen-bond acceptors (Lipinski definition) is 3. The van der Waals surface area contributed by atoms with E-state index in [1.54, 1.807) is 0 Å². The van der Waals surface area contributed by atoms with Gasteiger partial charge >= 0.3 is 0 Å². The molecule has 0 bridgehead atoms. The summed E-state index contributed by atoms with van der Waals surface area (Å²) in [5.41, 5.74) is 0. The molecule has 5 heteroatoms. The molecule has 3 aliphatic rings. The van der Waals surface area contributed by atoms with E-state index >= 15 is 0 Å². The van der Waals surface area contributed by atoms with E-state index in [-0.39, 0.29) is 17.9 Å². The molecule has 5 nitrogen and oxygen atoms in total. The van der Waals surface area contributed by atoms with E-state index in [1.165, 1.54) is 0 Å². The van der Waals surface area contributed by atoms with Crippen LogP contribution in [0.4, 0.5) is 0 Å². The minimum atomic E-state index is -0.156. The van der Waals surface area contributed by atoms with Crippen molar-refractivity contribution in [1.29, 1.82) is 0 Å². The van der Waals surface area contributed by atoms with Crippen molar-refractivity contribution in [2.45, 2.75) is 38.1 Å². The molecule has 3 saturated heterocycles. The summed E-state index contributed by atoms with van der Waals surface area (Å²) < 4.78 is 0. The molecule has 3 heterocycles. The van der Waals surface area contributed by atoms with Crippen LogP contribution in [0.1, 0.15) is 32.1 Å². The quantitative estimate of drug-likeness (QED) is 0.776. The summed E-state index contributed by atoms with van der Waals surface area (Å²) >= 11 is 0. The Morgan fingerprint density at radius 1 is 1.11 bits per heavy atom. The lowest BCUT2D eigenvalue weighted by Gasteiger charge is -2.43. The molecule has 106 valence electrons. The minimum Gasteiger partial charge on any atom is -0.331 e. The summed E-state index contributed by atoms with van der Waals surface area (Å²) in [5, 5.41) is 3.34. The average Bonchev–Trinajstić information content (AvgIpc) is 2.46. The number of carbonyl (C=O) groups excluding carboxylic acids is 2. The van der Waals surface area contributed by atoms with Gasteiger partial charge < -0.3 is 15.1 Å². The van der Waals surface area contributed by atoms with Crippen LogP contribution in [0.15, 0.2) is 0 Å². The van der Waals surface area contributed by atoms with E-state index in [0.717, 1.165) is 58.3 Å². The molecule has 19 heavy (non-hydrogen) atoms. The van der Waals surface area contributed by atoms with E-state index < -0.39 is 0 Å². The summed E-state index contributed by atoms with van der Waals surface area (Å²) in [6.07, 6.45) is 5.21. The second-order valence-electron chi connectivity index (χ2n) is 6.01. The fourth-order valence-electron chi connectivity index (χ4n) is 3.56. The number of hydrogen-bond donors (Lipinski definition) is 1. The second-order valence-corrected chi connectivity index (χ2v) is 6.01. The van der Waals surface area contributed by atoms with Gasteiger partial charge in [0, 0.05) is 13.1 Å². The van der Waals surface area contributed by atoms with Crippen LogP contribution in [0.25, 0.3) is 0 Å². The Morgan fingerprint density at radius 2 is 1.89 bits per heavy atom. The Morgan fingerprint density at radius 3 is 2.68 bits per heavy atom. The minimum absolute atomic E-state index is 0.151. The fourth-order valence-corrected chi connectivity index (χ4v) is 3.56. The molecule has 0 aromatic carbocycles. The van der Waals surface area contributed by atoms with Gasteiger partial charge in [-0.15, -0.1) is 0 Å². The van der Waals surface area contributed by atoms with E-state index in [1.807, 2.05) is 9.80 Å².